The molecule has 0 saturated heterocycles. The molecule has 5 heteroatoms. The highest BCUT2D eigenvalue weighted by Gasteiger charge is 2.14. The Hall–Kier alpha value is -1.62. The predicted octanol–water partition coefficient (Wildman–Crippen LogP) is 2.95. The quantitative estimate of drug-likeness (QED) is 0.826. The van der Waals surface area contributed by atoms with Gasteiger partial charge in [0.25, 0.3) is 0 Å². The van der Waals surface area contributed by atoms with E-state index in [1.165, 1.54) is 32.1 Å². The van der Waals surface area contributed by atoms with Crippen LogP contribution in [0.25, 0.3) is 5.52 Å². The number of nitrogens with one attached hydrogen (secondary N) is 2. The SMILES string of the molecule is S=C(Nc1ncc2ccccn12)NC1CCCCC1. The molecule has 0 aromatic carbocycles. The third kappa shape index (κ3) is 2.87. The predicted molar refractivity (Wildman–Crippen MR) is 81.4 cm³/mol. The Kier molecular flexibility index (Phi) is 3.64. The molecular formula is C14H18N4S. The maximum Gasteiger partial charge on any atom is 0.213 e. The highest BCUT2D eigenvalue weighted by atomic mass is 32.1. The smallest absolute Gasteiger partial charge is 0.213 e. The third-order valence-electron chi connectivity index (χ3n) is 3.60. The summed E-state index contributed by atoms with van der Waals surface area (Å²) in [5.74, 6) is 0.768. The second-order valence-electron chi connectivity index (χ2n) is 5.01. The van der Waals surface area contributed by atoms with Crippen LogP contribution in [0.2, 0.25) is 0 Å². The van der Waals surface area contributed by atoms with E-state index in [-0.39, 0.29) is 0 Å². The number of fused-ring (bicyclic) bond motifs is 1. The van der Waals surface area contributed by atoms with Crippen molar-refractivity contribution in [3.05, 3.63) is 30.6 Å². The largest absolute Gasteiger partial charge is 0.360 e. The summed E-state index contributed by atoms with van der Waals surface area (Å²) in [4.78, 5) is 4.35. The Morgan fingerprint density at radius 2 is 2.11 bits per heavy atom. The zero-order valence-electron chi connectivity index (χ0n) is 10.8. The molecule has 0 bridgehead atoms. The number of imidazole rings is 1. The Morgan fingerprint density at radius 1 is 1.26 bits per heavy atom. The van der Waals surface area contributed by atoms with Crippen LogP contribution < -0.4 is 10.6 Å². The van der Waals surface area contributed by atoms with Crippen molar-refractivity contribution in [1.82, 2.24) is 14.7 Å². The van der Waals surface area contributed by atoms with Crippen LogP contribution >= 0.6 is 12.2 Å². The fraction of sp³-hybridized carbons (Fsp3) is 0.429. The molecule has 0 amide bonds. The van der Waals surface area contributed by atoms with E-state index in [0.717, 1.165) is 11.5 Å². The molecule has 2 N–H and O–H groups in total. The third-order valence-corrected chi connectivity index (χ3v) is 3.82. The lowest BCUT2D eigenvalue weighted by Gasteiger charge is -2.24. The topological polar surface area (TPSA) is 41.4 Å². The average molecular weight is 274 g/mol. The van der Waals surface area contributed by atoms with Gasteiger partial charge in [0, 0.05) is 12.2 Å². The summed E-state index contributed by atoms with van der Waals surface area (Å²) in [6.07, 6.45) is 10.2. The maximum absolute atomic E-state index is 5.37. The number of nitrogens with zero attached hydrogens (tertiary/aromatic N) is 2. The normalized spacial score (nSPS) is 16.4. The lowest BCUT2D eigenvalue weighted by Crippen LogP contribution is -2.39. The van der Waals surface area contributed by atoms with Gasteiger partial charge in [-0.3, -0.25) is 4.40 Å². The second kappa shape index (κ2) is 5.57. The Morgan fingerprint density at radius 3 is 2.95 bits per heavy atom. The van der Waals surface area contributed by atoms with Gasteiger partial charge in [-0.1, -0.05) is 25.3 Å². The average Bonchev–Trinajstić information content (AvgIpc) is 2.83. The molecule has 19 heavy (non-hydrogen) atoms. The number of anilines is 1. The Balaban J connectivity index is 1.65. The molecule has 0 radical (unpaired) electrons. The molecule has 1 fully saturated rings. The minimum Gasteiger partial charge on any atom is -0.360 e. The lowest BCUT2D eigenvalue weighted by molar-refractivity contribution is 0.414. The van der Waals surface area contributed by atoms with Gasteiger partial charge in [0.2, 0.25) is 5.95 Å². The molecular weight excluding hydrogens is 256 g/mol. The van der Waals surface area contributed by atoms with E-state index in [1.807, 2.05) is 35.0 Å². The molecule has 2 heterocycles. The van der Waals surface area contributed by atoms with Crippen molar-refractivity contribution in [2.75, 3.05) is 5.32 Å². The van der Waals surface area contributed by atoms with Gasteiger partial charge >= 0.3 is 0 Å². The summed E-state index contributed by atoms with van der Waals surface area (Å²) >= 11 is 5.37. The van der Waals surface area contributed by atoms with Crippen molar-refractivity contribution in [3.63, 3.8) is 0 Å². The van der Waals surface area contributed by atoms with Crippen LogP contribution in [0.5, 0.6) is 0 Å². The van der Waals surface area contributed by atoms with Crippen LogP contribution in [0, 0.1) is 0 Å². The molecule has 3 rings (SSSR count). The van der Waals surface area contributed by atoms with E-state index >= 15 is 0 Å². The molecule has 2 aromatic rings. The summed E-state index contributed by atoms with van der Waals surface area (Å²) in [5, 5.41) is 7.24. The first-order chi connectivity index (χ1) is 9.33. The van der Waals surface area contributed by atoms with Crippen molar-refractivity contribution in [3.8, 4) is 0 Å². The van der Waals surface area contributed by atoms with E-state index < -0.39 is 0 Å². The molecule has 1 aliphatic rings. The first kappa shape index (κ1) is 12.4. The van der Waals surface area contributed by atoms with Gasteiger partial charge in [-0.15, -0.1) is 0 Å². The summed E-state index contributed by atoms with van der Waals surface area (Å²) in [6.45, 7) is 0. The van der Waals surface area contributed by atoms with E-state index in [2.05, 4.69) is 15.6 Å². The van der Waals surface area contributed by atoms with Gasteiger partial charge < -0.3 is 10.6 Å². The minimum absolute atomic E-state index is 0.514. The molecule has 2 aromatic heterocycles. The summed E-state index contributed by atoms with van der Waals surface area (Å²) in [7, 11) is 0. The first-order valence-electron chi connectivity index (χ1n) is 6.82. The van der Waals surface area contributed by atoms with Crippen LogP contribution in [-0.2, 0) is 0 Å². The fourth-order valence-corrected chi connectivity index (χ4v) is 2.86. The number of thiocarbonyl (C=S) groups is 1. The Labute approximate surface area is 118 Å². The molecule has 0 atom stereocenters. The zero-order valence-corrected chi connectivity index (χ0v) is 11.6. The van der Waals surface area contributed by atoms with Crippen molar-refractivity contribution in [2.24, 2.45) is 0 Å². The molecule has 4 nitrogen and oxygen atoms in total. The number of hydrogen-bond donors (Lipinski definition) is 2. The van der Waals surface area contributed by atoms with Gasteiger partial charge in [0.05, 0.1) is 11.7 Å². The van der Waals surface area contributed by atoms with Crippen LogP contribution in [0.1, 0.15) is 32.1 Å². The van der Waals surface area contributed by atoms with Gasteiger partial charge in [0.1, 0.15) is 0 Å². The van der Waals surface area contributed by atoms with E-state index in [1.54, 1.807) is 0 Å². The van der Waals surface area contributed by atoms with Crippen LogP contribution in [0.4, 0.5) is 5.95 Å². The van der Waals surface area contributed by atoms with Gasteiger partial charge in [0.15, 0.2) is 5.11 Å². The van der Waals surface area contributed by atoms with Crippen LogP contribution in [0.3, 0.4) is 0 Å². The molecule has 1 saturated carbocycles. The molecule has 0 aliphatic heterocycles. The monoisotopic (exact) mass is 274 g/mol. The molecule has 0 spiro atoms. The van der Waals surface area contributed by atoms with Gasteiger partial charge in [-0.05, 0) is 37.2 Å². The first-order valence-corrected chi connectivity index (χ1v) is 7.23. The molecule has 0 unspecified atom stereocenters. The van der Waals surface area contributed by atoms with Crippen LogP contribution in [0.15, 0.2) is 30.6 Å². The van der Waals surface area contributed by atoms with Crippen LogP contribution in [-0.4, -0.2) is 20.5 Å². The molecule has 100 valence electrons. The summed E-state index contributed by atoms with van der Waals surface area (Å²) in [5.41, 5.74) is 1.06. The Bertz CT molecular complexity index is 572. The fourth-order valence-electron chi connectivity index (χ4n) is 2.61. The second-order valence-corrected chi connectivity index (χ2v) is 5.42. The minimum atomic E-state index is 0.514. The lowest BCUT2D eigenvalue weighted by atomic mass is 9.96. The summed E-state index contributed by atoms with van der Waals surface area (Å²) < 4.78 is 1.99. The van der Waals surface area contributed by atoms with Crippen molar-refractivity contribution in [2.45, 2.75) is 38.1 Å². The standard InChI is InChI=1S/C14H18N4S/c19-14(16-11-6-2-1-3-7-11)17-13-15-10-12-8-4-5-9-18(12)13/h4-5,8-11H,1-3,6-7H2,(H2,15,16,17,19). The van der Waals surface area contributed by atoms with E-state index in [4.69, 9.17) is 12.2 Å². The van der Waals surface area contributed by atoms with Gasteiger partial charge in [-0.25, -0.2) is 4.98 Å². The highest BCUT2D eigenvalue weighted by Crippen LogP contribution is 2.17. The van der Waals surface area contributed by atoms with Crippen molar-refractivity contribution < 1.29 is 0 Å². The maximum atomic E-state index is 5.37. The number of hydrogen-bond acceptors (Lipinski definition) is 2. The van der Waals surface area contributed by atoms with Gasteiger partial charge in [-0.2, -0.15) is 0 Å². The number of rotatable bonds is 2. The van der Waals surface area contributed by atoms with Crippen molar-refractivity contribution in [1.29, 1.82) is 0 Å². The van der Waals surface area contributed by atoms with E-state index in [0.29, 0.717) is 11.2 Å². The zero-order chi connectivity index (χ0) is 13.1. The van der Waals surface area contributed by atoms with Crippen molar-refractivity contribution >= 4 is 28.8 Å². The molecule has 1 aliphatic carbocycles. The summed E-state index contributed by atoms with van der Waals surface area (Å²) in [6, 6.07) is 6.52. The number of pyridine rings is 1. The van der Waals surface area contributed by atoms with E-state index in [9.17, 15) is 0 Å². The number of aromatic nitrogens is 2. The highest BCUT2D eigenvalue weighted by molar-refractivity contribution is 7.80.